The number of carboxylic acids is 1. The van der Waals surface area contributed by atoms with Gasteiger partial charge in [0.1, 0.15) is 22.1 Å². The molecule has 0 radical (unpaired) electrons. The molecule has 8 heteroatoms. The van der Waals surface area contributed by atoms with Crippen LogP contribution < -0.4 is 10.2 Å². The van der Waals surface area contributed by atoms with Gasteiger partial charge in [-0.05, 0) is 32.3 Å². The molecule has 3 N–H and O–H groups in total. The van der Waals surface area contributed by atoms with Crippen molar-refractivity contribution in [1.82, 2.24) is 4.98 Å². The Morgan fingerprint density at radius 1 is 1.38 bits per heavy atom. The molecule has 1 saturated carbocycles. The minimum absolute atomic E-state index is 0.0762. The van der Waals surface area contributed by atoms with E-state index < -0.39 is 17.7 Å². The Bertz CT molecular complexity index is 915. The summed E-state index contributed by atoms with van der Waals surface area (Å²) < 4.78 is 15.0. The second-order valence-corrected chi connectivity index (χ2v) is 9.15. The van der Waals surface area contributed by atoms with Crippen LogP contribution in [0.2, 0.25) is 0 Å². The summed E-state index contributed by atoms with van der Waals surface area (Å²) in [7, 11) is 0. The number of carbonyl (C=O) groups is 1. The molecule has 1 fully saturated rings. The van der Waals surface area contributed by atoms with E-state index in [1.165, 1.54) is 31.8 Å². The third-order valence-corrected chi connectivity index (χ3v) is 6.45. The summed E-state index contributed by atoms with van der Waals surface area (Å²) in [5, 5.41) is 23.6. The van der Waals surface area contributed by atoms with Gasteiger partial charge in [-0.25, -0.2) is 14.2 Å². The maximum atomic E-state index is 15.0. The van der Waals surface area contributed by atoms with Crippen LogP contribution in [0.1, 0.15) is 48.0 Å². The largest absolute Gasteiger partial charge is 0.478 e. The van der Waals surface area contributed by atoms with Gasteiger partial charge in [0.15, 0.2) is 0 Å². The van der Waals surface area contributed by atoms with Crippen molar-refractivity contribution in [3.05, 3.63) is 47.7 Å². The van der Waals surface area contributed by atoms with E-state index in [1.54, 1.807) is 0 Å². The monoisotopic (exact) mass is 417 g/mol. The number of aliphatic hydroxyl groups is 1. The zero-order valence-corrected chi connectivity index (χ0v) is 17.1. The predicted octanol–water partition coefficient (Wildman–Crippen LogP) is 4.07. The molecule has 0 amide bonds. The van der Waals surface area contributed by atoms with E-state index in [2.05, 4.69) is 10.3 Å². The highest BCUT2D eigenvalue weighted by Crippen LogP contribution is 2.54. The first-order valence-corrected chi connectivity index (χ1v) is 10.5. The number of aromatic carboxylic acids is 1. The average molecular weight is 418 g/mol. The van der Waals surface area contributed by atoms with Crippen LogP contribution >= 0.6 is 11.8 Å². The van der Waals surface area contributed by atoms with Gasteiger partial charge >= 0.3 is 5.97 Å². The predicted molar refractivity (Wildman–Crippen MR) is 111 cm³/mol. The molecule has 2 aromatic rings. The number of anilines is 2. The summed E-state index contributed by atoms with van der Waals surface area (Å²) >= 11 is 1.47. The number of hydrogen-bond acceptors (Lipinski definition) is 6. The molecule has 6 nitrogen and oxygen atoms in total. The van der Waals surface area contributed by atoms with Gasteiger partial charge in [-0.15, -0.1) is 0 Å². The lowest BCUT2D eigenvalue weighted by Gasteiger charge is -2.33. The van der Waals surface area contributed by atoms with Crippen LogP contribution in [0.3, 0.4) is 0 Å². The zero-order chi connectivity index (χ0) is 20.8. The van der Waals surface area contributed by atoms with Crippen LogP contribution in [0.25, 0.3) is 0 Å². The fourth-order valence-electron chi connectivity index (χ4n) is 3.31. The van der Waals surface area contributed by atoms with Crippen LogP contribution in [0.15, 0.2) is 41.6 Å². The minimum atomic E-state index is -1.53. The van der Waals surface area contributed by atoms with Crippen LogP contribution in [-0.2, 0) is 0 Å². The number of carboxylic acid groups (broad SMARTS) is 1. The van der Waals surface area contributed by atoms with Crippen LogP contribution in [-0.4, -0.2) is 45.5 Å². The Morgan fingerprint density at radius 2 is 2.07 bits per heavy atom. The fourth-order valence-corrected chi connectivity index (χ4v) is 4.58. The highest BCUT2D eigenvalue weighted by molar-refractivity contribution is 8.00. The first kappa shape index (κ1) is 20.0. The van der Waals surface area contributed by atoms with Crippen molar-refractivity contribution in [3.63, 3.8) is 0 Å². The molecule has 1 aliphatic carbocycles. The van der Waals surface area contributed by atoms with Crippen molar-refractivity contribution < 1.29 is 19.4 Å². The number of aromatic nitrogens is 1. The van der Waals surface area contributed by atoms with Crippen molar-refractivity contribution in [2.75, 3.05) is 16.8 Å². The fraction of sp³-hybridized carbons (Fsp3) is 0.429. The molecule has 1 aromatic carbocycles. The Labute approximate surface area is 173 Å². The van der Waals surface area contributed by atoms with E-state index in [1.807, 2.05) is 35.2 Å². The number of rotatable bonds is 7. The molecule has 1 aromatic heterocycles. The molecular formula is C21H24FN3O3S. The van der Waals surface area contributed by atoms with Crippen molar-refractivity contribution >= 4 is 29.1 Å². The lowest BCUT2D eigenvalue weighted by molar-refractivity contribution is 0.000412. The normalized spacial score (nSPS) is 19.7. The average Bonchev–Trinajstić information content (AvgIpc) is 3.41. The number of alkyl halides is 1. The summed E-state index contributed by atoms with van der Waals surface area (Å²) in [6.45, 7) is 2.80. The van der Waals surface area contributed by atoms with E-state index >= 15 is 0 Å². The summed E-state index contributed by atoms with van der Waals surface area (Å²) in [5.41, 5.74) is 0.610. The summed E-state index contributed by atoms with van der Waals surface area (Å²) in [4.78, 5) is 18.1. The highest BCUT2D eigenvalue weighted by Gasteiger charge is 2.41. The molecule has 29 heavy (non-hydrogen) atoms. The second-order valence-electron chi connectivity index (χ2n) is 8.08. The first-order chi connectivity index (χ1) is 13.8. The molecule has 1 unspecified atom stereocenters. The first-order valence-electron chi connectivity index (χ1n) is 9.63. The molecule has 0 saturated heterocycles. The molecule has 1 aliphatic heterocycles. The molecule has 0 spiro atoms. The molecular weight excluding hydrogens is 393 g/mol. The lowest BCUT2D eigenvalue weighted by Crippen LogP contribution is -2.42. The van der Waals surface area contributed by atoms with Crippen molar-refractivity contribution in [2.45, 2.75) is 54.9 Å². The van der Waals surface area contributed by atoms with Gasteiger partial charge in [0.2, 0.25) is 0 Å². The van der Waals surface area contributed by atoms with Crippen molar-refractivity contribution in [2.24, 2.45) is 0 Å². The number of hydrogen-bond donors (Lipinski definition) is 3. The molecule has 2 aliphatic rings. The number of fused-ring (bicyclic) bond motifs is 1. The Morgan fingerprint density at radius 3 is 2.66 bits per heavy atom. The highest BCUT2D eigenvalue weighted by atomic mass is 32.2. The van der Waals surface area contributed by atoms with E-state index in [4.69, 9.17) is 0 Å². The summed E-state index contributed by atoms with van der Waals surface area (Å²) in [6, 6.07) is 9.88. The molecule has 2 atom stereocenters. The quantitative estimate of drug-likeness (QED) is 0.626. The third kappa shape index (κ3) is 4.04. The maximum absolute atomic E-state index is 15.0. The van der Waals surface area contributed by atoms with E-state index in [0.717, 1.165) is 18.4 Å². The van der Waals surface area contributed by atoms with Gasteiger partial charge in [0.25, 0.3) is 0 Å². The maximum Gasteiger partial charge on any atom is 0.339 e. The van der Waals surface area contributed by atoms with Crippen LogP contribution in [0, 0.1) is 0 Å². The SMILES string of the molecule is CC(C)(O)C(F)CN1c2c(ncc(C(=O)O)c2NC2CC2)S[C@@H]1c1ccccc1. The molecule has 2 heterocycles. The Kier molecular flexibility index (Phi) is 5.16. The lowest BCUT2D eigenvalue weighted by atomic mass is 10.0. The topological polar surface area (TPSA) is 85.7 Å². The second kappa shape index (κ2) is 7.50. The van der Waals surface area contributed by atoms with Crippen molar-refractivity contribution in [3.8, 4) is 0 Å². The Hall–Kier alpha value is -2.32. The van der Waals surface area contributed by atoms with Gasteiger partial charge in [-0.1, -0.05) is 42.1 Å². The molecule has 154 valence electrons. The number of benzene rings is 1. The Balaban J connectivity index is 1.81. The van der Waals surface area contributed by atoms with Gasteiger partial charge in [-0.3, -0.25) is 0 Å². The number of thioether (sulfide) groups is 1. The zero-order valence-electron chi connectivity index (χ0n) is 16.3. The van der Waals surface area contributed by atoms with Crippen LogP contribution in [0.5, 0.6) is 0 Å². The summed E-state index contributed by atoms with van der Waals surface area (Å²) in [6.07, 6.45) is 1.79. The molecule has 4 rings (SSSR count). The van der Waals surface area contributed by atoms with Crippen molar-refractivity contribution in [1.29, 1.82) is 0 Å². The number of nitrogens with zero attached hydrogens (tertiary/aromatic N) is 2. The van der Waals surface area contributed by atoms with Gasteiger partial charge in [-0.2, -0.15) is 0 Å². The minimum Gasteiger partial charge on any atom is -0.478 e. The summed E-state index contributed by atoms with van der Waals surface area (Å²) in [5.74, 6) is -1.07. The van der Waals surface area contributed by atoms with E-state index in [0.29, 0.717) is 16.4 Å². The standard InChI is InChI=1S/C21H24FN3O3S/c1-21(2,28)15(22)11-25-17-16(24-13-8-9-13)14(20(26)27)10-23-18(17)29-19(25)12-6-4-3-5-7-12/h3-7,10,13,15,19,28H,8-9,11H2,1-2H3,(H,23,24)(H,26,27)/t15?,19-/m1/s1. The van der Waals surface area contributed by atoms with E-state index in [-0.39, 0.29) is 23.5 Å². The number of halogens is 1. The van der Waals surface area contributed by atoms with Gasteiger partial charge in [0, 0.05) is 12.2 Å². The van der Waals surface area contributed by atoms with Gasteiger partial charge < -0.3 is 20.4 Å². The molecule has 0 bridgehead atoms. The number of nitrogens with one attached hydrogen (secondary N) is 1. The van der Waals surface area contributed by atoms with Gasteiger partial charge in [0.05, 0.1) is 23.5 Å². The van der Waals surface area contributed by atoms with E-state index in [9.17, 15) is 19.4 Å². The third-order valence-electron chi connectivity index (χ3n) is 5.18. The number of pyridine rings is 1. The smallest absolute Gasteiger partial charge is 0.339 e. The van der Waals surface area contributed by atoms with Crippen LogP contribution in [0.4, 0.5) is 15.8 Å².